The van der Waals surface area contributed by atoms with Gasteiger partial charge >= 0.3 is 0 Å². The number of fused-ring (bicyclic) bond motifs is 17. The molecule has 0 aliphatic carbocycles. The summed E-state index contributed by atoms with van der Waals surface area (Å²) in [7, 11) is 0. The molecule has 0 aliphatic rings. The number of hydrogen-bond acceptors (Lipinski definition) is 0. The van der Waals surface area contributed by atoms with Gasteiger partial charge < -0.3 is 8.80 Å². The number of aromatic nitrogens is 2. The SMILES string of the molecule is Cc1cc(C)cc(-c2cc3c4cc5ccccc5cc4n4c5cc6ccc(-c7ccc8cc9c(cc8c7)c7cc(-c8cccc%10ccccc8%10)cc8c%10cc%11ccccc%11cc%10n9c87)cc6cc5c(c2)c34)c1. The zero-order valence-electron chi connectivity index (χ0n) is 39.7. The Morgan fingerprint density at radius 3 is 1.08 bits per heavy atom. The Morgan fingerprint density at radius 2 is 0.597 bits per heavy atom. The van der Waals surface area contributed by atoms with E-state index in [1.54, 1.807) is 0 Å². The first-order valence-corrected chi connectivity index (χ1v) is 25.2. The van der Waals surface area contributed by atoms with Gasteiger partial charge in [0.15, 0.2) is 0 Å². The van der Waals surface area contributed by atoms with E-state index in [0.29, 0.717) is 0 Å². The maximum absolute atomic E-state index is 2.54. The van der Waals surface area contributed by atoms with Gasteiger partial charge in [0.25, 0.3) is 0 Å². The predicted molar refractivity (Wildman–Crippen MR) is 309 cm³/mol. The number of rotatable bonds is 3. The van der Waals surface area contributed by atoms with E-state index in [9.17, 15) is 0 Å². The van der Waals surface area contributed by atoms with Crippen LogP contribution in [-0.2, 0) is 0 Å². The van der Waals surface area contributed by atoms with E-state index in [1.807, 2.05) is 0 Å². The van der Waals surface area contributed by atoms with Crippen molar-refractivity contribution in [2.24, 2.45) is 0 Å². The third-order valence-corrected chi connectivity index (χ3v) is 16.4. The normalized spacial score (nSPS) is 12.6. The van der Waals surface area contributed by atoms with Crippen molar-refractivity contribution in [3.8, 4) is 33.4 Å². The minimum atomic E-state index is 1.22. The lowest BCUT2D eigenvalue weighted by Gasteiger charge is -2.09. The fourth-order valence-corrected chi connectivity index (χ4v) is 13.2. The van der Waals surface area contributed by atoms with Crippen LogP contribution in [0.4, 0.5) is 0 Å². The van der Waals surface area contributed by atoms with Crippen molar-refractivity contribution in [1.29, 1.82) is 0 Å². The average molecular weight is 911 g/mol. The number of nitrogens with zero attached hydrogens (tertiary/aromatic N) is 2. The molecule has 0 N–H and O–H groups in total. The summed E-state index contributed by atoms with van der Waals surface area (Å²) in [4.78, 5) is 0. The number of benzene rings is 13. The Hall–Kier alpha value is -9.24. The van der Waals surface area contributed by atoms with E-state index in [1.165, 1.54) is 175 Å². The van der Waals surface area contributed by atoms with E-state index < -0.39 is 0 Å². The average Bonchev–Trinajstić information content (AvgIpc) is 4.12. The number of aryl methyl sites for hydroxylation is 2. The first-order chi connectivity index (χ1) is 35.4. The van der Waals surface area contributed by atoms with Gasteiger partial charge in [-0.3, -0.25) is 0 Å². The van der Waals surface area contributed by atoms with Gasteiger partial charge in [-0.2, -0.15) is 0 Å². The Bertz CT molecular complexity index is 5210. The largest absolute Gasteiger partial charge is 0.308 e. The summed E-state index contributed by atoms with van der Waals surface area (Å²) in [5.41, 5.74) is 17.7. The maximum atomic E-state index is 2.54. The Balaban J connectivity index is 0.872. The molecule has 2 heteroatoms. The molecule has 13 aromatic carbocycles. The van der Waals surface area contributed by atoms with Gasteiger partial charge in [-0.1, -0.05) is 145 Å². The quantitative estimate of drug-likeness (QED) is 0.167. The van der Waals surface area contributed by atoms with Crippen LogP contribution in [0.5, 0.6) is 0 Å². The van der Waals surface area contributed by atoms with E-state index in [-0.39, 0.29) is 0 Å². The van der Waals surface area contributed by atoms with E-state index in [4.69, 9.17) is 0 Å². The molecule has 0 radical (unpaired) electrons. The van der Waals surface area contributed by atoms with Crippen molar-refractivity contribution < 1.29 is 0 Å². The summed E-state index contributed by atoms with van der Waals surface area (Å²) in [5.74, 6) is 0. The van der Waals surface area contributed by atoms with Crippen molar-refractivity contribution in [3.63, 3.8) is 0 Å². The van der Waals surface area contributed by atoms with Crippen LogP contribution in [0.25, 0.3) is 163 Å². The van der Waals surface area contributed by atoms with Crippen molar-refractivity contribution in [3.05, 3.63) is 230 Å². The predicted octanol–water partition coefficient (Wildman–Crippen LogP) is 19.4. The lowest BCUT2D eigenvalue weighted by Crippen LogP contribution is -1.85. The zero-order chi connectivity index (χ0) is 47.1. The molecule has 0 amide bonds. The highest BCUT2D eigenvalue weighted by atomic mass is 14.9. The van der Waals surface area contributed by atoms with Gasteiger partial charge in [-0.25, -0.2) is 0 Å². The molecule has 0 spiro atoms. The third-order valence-electron chi connectivity index (χ3n) is 16.4. The highest BCUT2D eigenvalue weighted by molar-refractivity contribution is 6.29. The van der Waals surface area contributed by atoms with Gasteiger partial charge in [-0.05, 0) is 186 Å². The van der Waals surface area contributed by atoms with Gasteiger partial charge in [0.2, 0.25) is 0 Å². The van der Waals surface area contributed by atoms with Crippen molar-refractivity contribution in [2.75, 3.05) is 0 Å². The van der Waals surface area contributed by atoms with Crippen LogP contribution in [0.1, 0.15) is 11.1 Å². The Kier molecular flexibility index (Phi) is 7.37. The molecule has 17 aromatic rings. The van der Waals surface area contributed by atoms with E-state index in [0.717, 1.165) is 0 Å². The fraction of sp³-hybridized carbons (Fsp3) is 0.0286. The maximum Gasteiger partial charge on any atom is 0.0620 e. The molecule has 0 aliphatic heterocycles. The number of hydrogen-bond donors (Lipinski definition) is 0. The molecule has 0 saturated carbocycles. The first-order valence-electron chi connectivity index (χ1n) is 25.2. The lowest BCUT2D eigenvalue weighted by atomic mass is 9.94. The van der Waals surface area contributed by atoms with Gasteiger partial charge in [0, 0.05) is 43.1 Å². The second kappa shape index (κ2) is 13.8. The van der Waals surface area contributed by atoms with Gasteiger partial charge in [-0.15, -0.1) is 0 Å². The van der Waals surface area contributed by atoms with Crippen molar-refractivity contribution in [2.45, 2.75) is 13.8 Å². The summed E-state index contributed by atoms with van der Waals surface area (Å²) in [6.07, 6.45) is 0. The molecule has 0 fully saturated rings. The molecule has 0 unspecified atom stereocenters. The minimum absolute atomic E-state index is 1.22. The lowest BCUT2D eigenvalue weighted by molar-refractivity contribution is 1.38. The van der Waals surface area contributed by atoms with Crippen LogP contribution in [0, 0.1) is 13.8 Å². The highest BCUT2D eigenvalue weighted by Gasteiger charge is 2.23. The van der Waals surface area contributed by atoms with Crippen LogP contribution < -0.4 is 0 Å². The van der Waals surface area contributed by atoms with Crippen LogP contribution in [0.15, 0.2) is 218 Å². The molecule has 4 aromatic heterocycles. The van der Waals surface area contributed by atoms with Gasteiger partial charge in [0.1, 0.15) is 0 Å². The van der Waals surface area contributed by atoms with Crippen LogP contribution in [-0.4, -0.2) is 8.80 Å². The molecular formula is C70H42N2. The first kappa shape index (κ1) is 38.6. The van der Waals surface area contributed by atoms with Gasteiger partial charge in [0.05, 0.1) is 33.1 Å². The standard InChI is InChI=1S/C70H42N2/c1-39-22-40(2)24-50(23-39)53-31-61-57-27-42-11-3-5-13-44(42)35-65(57)71-67-37-48-20-18-46(25-51(48)29-59(67)62(32-53)69(61)71)47-19-21-49-38-68-60(30-52(49)26-47)64-34-54(56-17-9-15-41-10-7-8-16-55(41)56)33-63-58-28-43-12-4-6-14-45(43)36-66(58)72(68)70(63)64/h3-38H,1-2H3. The topological polar surface area (TPSA) is 8.82 Å². The molecule has 2 nitrogen and oxygen atoms in total. The second-order valence-corrected chi connectivity index (χ2v) is 20.7. The van der Waals surface area contributed by atoms with Crippen LogP contribution in [0.3, 0.4) is 0 Å². The minimum Gasteiger partial charge on any atom is -0.308 e. The van der Waals surface area contributed by atoms with Crippen molar-refractivity contribution >= 4 is 130 Å². The summed E-state index contributed by atoms with van der Waals surface area (Å²) in [6, 6.07) is 83.3. The summed E-state index contributed by atoms with van der Waals surface area (Å²) in [5, 5.41) is 22.9. The molecule has 332 valence electrons. The summed E-state index contributed by atoms with van der Waals surface area (Å²) < 4.78 is 5.08. The summed E-state index contributed by atoms with van der Waals surface area (Å²) >= 11 is 0. The smallest absolute Gasteiger partial charge is 0.0620 e. The molecule has 0 atom stereocenters. The molecule has 72 heavy (non-hydrogen) atoms. The van der Waals surface area contributed by atoms with Crippen LogP contribution in [0.2, 0.25) is 0 Å². The Morgan fingerprint density at radius 1 is 0.222 bits per heavy atom. The van der Waals surface area contributed by atoms with Crippen molar-refractivity contribution in [1.82, 2.24) is 8.80 Å². The van der Waals surface area contributed by atoms with E-state index >= 15 is 0 Å². The van der Waals surface area contributed by atoms with Crippen LogP contribution >= 0.6 is 0 Å². The fourth-order valence-electron chi connectivity index (χ4n) is 13.2. The Labute approximate surface area is 413 Å². The van der Waals surface area contributed by atoms with E-state index in [2.05, 4.69) is 241 Å². The summed E-state index contributed by atoms with van der Waals surface area (Å²) in [6.45, 7) is 4.41. The molecule has 0 saturated heterocycles. The zero-order valence-corrected chi connectivity index (χ0v) is 39.7. The second-order valence-electron chi connectivity index (χ2n) is 20.7. The molecule has 17 rings (SSSR count). The highest BCUT2D eigenvalue weighted by Crippen LogP contribution is 2.47. The molecule has 0 bridgehead atoms. The monoisotopic (exact) mass is 910 g/mol. The third kappa shape index (κ3) is 5.23. The molecule has 4 heterocycles. The molecular weight excluding hydrogens is 869 g/mol.